The highest BCUT2D eigenvalue weighted by molar-refractivity contribution is 9.10. The molecule has 37 heavy (non-hydrogen) atoms. The van der Waals surface area contributed by atoms with Crippen LogP contribution in [0.4, 0.5) is 0 Å². The summed E-state index contributed by atoms with van der Waals surface area (Å²) >= 11 is 5.49. The van der Waals surface area contributed by atoms with E-state index < -0.39 is 0 Å². The predicted molar refractivity (Wildman–Crippen MR) is 152 cm³/mol. The normalized spacial score (nSPS) is 17.3. The molecular formula is C29H35BrN2O4S. The van der Waals surface area contributed by atoms with Gasteiger partial charge < -0.3 is 19.1 Å². The van der Waals surface area contributed by atoms with Gasteiger partial charge in [0.25, 0.3) is 0 Å². The van der Waals surface area contributed by atoms with E-state index in [4.69, 9.17) is 9.47 Å². The number of carbonyl (C=O) groups is 1. The zero-order valence-corrected chi connectivity index (χ0v) is 23.9. The Hall–Kier alpha value is -2.00. The molecule has 1 N–H and O–H groups in total. The van der Waals surface area contributed by atoms with Gasteiger partial charge in [0.15, 0.2) is 0 Å². The van der Waals surface area contributed by atoms with E-state index in [-0.39, 0.29) is 11.7 Å². The quantitative estimate of drug-likeness (QED) is 0.262. The lowest BCUT2D eigenvalue weighted by Crippen LogP contribution is -2.35. The number of aromatic hydroxyl groups is 1. The Morgan fingerprint density at radius 3 is 2.59 bits per heavy atom. The molecule has 1 atom stereocenters. The van der Waals surface area contributed by atoms with Gasteiger partial charge in [0, 0.05) is 53.3 Å². The summed E-state index contributed by atoms with van der Waals surface area (Å²) in [4.78, 5) is 15.9. The van der Waals surface area contributed by atoms with Gasteiger partial charge >= 0.3 is 5.97 Å². The average molecular weight is 588 g/mol. The number of aromatic nitrogens is 1. The summed E-state index contributed by atoms with van der Waals surface area (Å²) in [5.74, 6) is 0.592. The molecule has 2 fully saturated rings. The number of rotatable bonds is 10. The van der Waals surface area contributed by atoms with E-state index in [0.29, 0.717) is 53.4 Å². The SMILES string of the molecule is CCOC(=O)c1c(CSC(CC)c2ccccc2)n(C2CC2)c2cc(Br)c(O)c(CN3CCOCC3)c12. The minimum absolute atomic E-state index is 0.201. The minimum atomic E-state index is -0.305. The second-order valence-electron chi connectivity index (χ2n) is 9.73. The molecule has 5 rings (SSSR count). The Labute approximate surface area is 231 Å². The number of phenolic OH excluding ortho intramolecular Hbond substituents is 1. The number of hydrogen-bond acceptors (Lipinski definition) is 6. The number of carbonyl (C=O) groups excluding carboxylic acids is 1. The fourth-order valence-electron chi connectivity index (χ4n) is 5.31. The Bertz CT molecular complexity index is 1250. The van der Waals surface area contributed by atoms with Crippen LogP contribution in [0.3, 0.4) is 0 Å². The van der Waals surface area contributed by atoms with Gasteiger partial charge in [-0.3, -0.25) is 4.90 Å². The number of nitrogens with zero attached hydrogens (tertiary/aromatic N) is 2. The molecular weight excluding hydrogens is 552 g/mol. The average Bonchev–Trinajstić information content (AvgIpc) is 3.70. The van der Waals surface area contributed by atoms with Crippen molar-refractivity contribution >= 4 is 44.6 Å². The van der Waals surface area contributed by atoms with Crippen LogP contribution in [0.1, 0.15) is 71.6 Å². The van der Waals surface area contributed by atoms with Crippen LogP contribution in [0.15, 0.2) is 40.9 Å². The third-order valence-corrected chi connectivity index (χ3v) is 9.32. The van der Waals surface area contributed by atoms with Gasteiger partial charge in [0.05, 0.1) is 35.4 Å². The first-order valence-electron chi connectivity index (χ1n) is 13.2. The molecule has 0 amide bonds. The van der Waals surface area contributed by atoms with Gasteiger partial charge in [0.1, 0.15) is 5.75 Å². The van der Waals surface area contributed by atoms with Crippen LogP contribution in [-0.4, -0.2) is 53.5 Å². The van der Waals surface area contributed by atoms with Crippen LogP contribution in [0, 0.1) is 0 Å². The largest absolute Gasteiger partial charge is 0.506 e. The summed E-state index contributed by atoms with van der Waals surface area (Å²) in [6, 6.07) is 12.9. The van der Waals surface area contributed by atoms with Crippen LogP contribution in [0.5, 0.6) is 5.75 Å². The van der Waals surface area contributed by atoms with Gasteiger partial charge in [-0.1, -0.05) is 37.3 Å². The number of morpholine rings is 1. The van der Waals surface area contributed by atoms with Crippen molar-refractivity contribution in [3.8, 4) is 5.75 Å². The minimum Gasteiger partial charge on any atom is -0.506 e. The number of phenols is 1. The summed E-state index contributed by atoms with van der Waals surface area (Å²) in [5, 5.41) is 12.4. The van der Waals surface area contributed by atoms with E-state index in [9.17, 15) is 9.90 Å². The van der Waals surface area contributed by atoms with Gasteiger partial charge in [-0.2, -0.15) is 0 Å². The second kappa shape index (κ2) is 11.8. The van der Waals surface area contributed by atoms with E-state index in [1.54, 1.807) is 0 Å². The molecule has 1 saturated heterocycles. The molecule has 3 aromatic rings. The van der Waals surface area contributed by atoms with E-state index in [2.05, 4.69) is 56.6 Å². The van der Waals surface area contributed by atoms with E-state index in [1.165, 1.54) is 5.56 Å². The molecule has 1 aliphatic heterocycles. The molecule has 6 nitrogen and oxygen atoms in total. The number of esters is 1. The maximum Gasteiger partial charge on any atom is 0.340 e. The van der Waals surface area contributed by atoms with Crippen LogP contribution in [0.2, 0.25) is 0 Å². The third kappa shape index (κ3) is 5.58. The molecule has 0 radical (unpaired) electrons. The number of benzene rings is 2. The molecule has 2 aliphatic rings. The molecule has 1 unspecified atom stereocenters. The zero-order valence-electron chi connectivity index (χ0n) is 21.5. The summed E-state index contributed by atoms with van der Waals surface area (Å²) in [6.07, 6.45) is 3.19. The fourth-order valence-corrected chi connectivity index (χ4v) is 6.99. The van der Waals surface area contributed by atoms with Crippen molar-refractivity contribution in [3.63, 3.8) is 0 Å². The Kier molecular flexibility index (Phi) is 8.49. The lowest BCUT2D eigenvalue weighted by molar-refractivity contribution is 0.0340. The molecule has 2 aromatic carbocycles. The van der Waals surface area contributed by atoms with Gasteiger partial charge in [-0.25, -0.2) is 4.79 Å². The molecule has 0 spiro atoms. The van der Waals surface area contributed by atoms with E-state index in [1.807, 2.05) is 30.8 Å². The summed E-state index contributed by atoms with van der Waals surface area (Å²) < 4.78 is 14.2. The lowest BCUT2D eigenvalue weighted by Gasteiger charge is -2.27. The Morgan fingerprint density at radius 2 is 1.95 bits per heavy atom. The summed E-state index contributed by atoms with van der Waals surface area (Å²) in [6.45, 7) is 7.86. The molecule has 2 heterocycles. The highest BCUT2D eigenvalue weighted by Gasteiger charge is 2.35. The van der Waals surface area contributed by atoms with Crippen molar-refractivity contribution in [1.82, 2.24) is 9.47 Å². The molecule has 1 saturated carbocycles. The topological polar surface area (TPSA) is 63.9 Å². The molecule has 1 aromatic heterocycles. The van der Waals surface area contributed by atoms with E-state index >= 15 is 0 Å². The van der Waals surface area contributed by atoms with Crippen molar-refractivity contribution in [2.45, 2.75) is 56.7 Å². The molecule has 198 valence electrons. The maximum absolute atomic E-state index is 13.6. The first kappa shape index (κ1) is 26.6. The number of halogens is 1. The molecule has 0 bridgehead atoms. The van der Waals surface area contributed by atoms with Crippen molar-refractivity contribution in [3.05, 3.63) is 63.3 Å². The number of thioether (sulfide) groups is 1. The maximum atomic E-state index is 13.6. The highest BCUT2D eigenvalue weighted by atomic mass is 79.9. The second-order valence-corrected chi connectivity index (χ2v) is 11.8. The Balaban J connectivity index is 1.64. The third-order valence-electron chi connectivity index (χ3n) is 7.26. The monoisotopic (exact) mass is 586 g/mol. The zero-order chi connectivity index (χ0) is 25.9. The molecule has 8 heteroatoms. The first-order valence-corrected chi connectivity index (χ1v) is 15.1. The van der Waals surface area contributed by atoms with Gasteiger partial charge in [-0.05, 0) is 53.7 Å². The van der Waals surface area contributed by atoms with Crippen molar-refractivity contribution in [2.24, 2.45) is 0 Å². The number of ether oxygens (including phenoxy) is 2. The van der Waals surface area contributed by atoms with Crippen LogP contribution < -0.4 is 0 Å². The smallest absolute Gasteiger partial charge is 0.340 e. The predicted octanol–water partition coefficient (Wildman–Crippen LogP) is 6.84. The summed E-state index contributed by atoms with van der Waals surface area (Å²) in [7, 11) is 0. The van der Waals surface area contributed by atoms with Crippen LogP contribution in [0.25, 0.3) is 10.9 Å². The van der Waals surface area contributed by atoms with Crippen molar-refractivity contribution < 1.29 is 19.4 Å². The van der Waals surface area contributed by atoms with Crippen molar-refractivity contribution in [2.75, 3.05) is 32.9 Å². The van der Waals surface area contributed by atoms with Gasteiger partial charge in [-0.15, -0.1) is 11.8 Å². The summed E-state index contributed by atoms with van der Waals surface area (Å²) in [5.41, 5.74) is 4.72. The highest BCUT2D eigenvalue weighted by Crippen LogP contribution is 2.48. The van der Waals surface area contributed by atoms with Crippen LogP contribution in [-0.2, 0) is 21.8 Å². The van der Waals surface area contributed by atoms with Crippen molar-refractivity contribution in [1.29, 1.82) is 0 Å². The van der Waals surface area contributed by atoms with E-state index in [0.717, 1.165) is 54.5 Å². The lowest BCUT2D eigenvalue weighted by atomic mass is 10.0. The molecule has 1 aliphatic carbocycles. The number of hydrogen-bond donors (Lipinski definition) is 1. The van der Waals surface area contributed by atoms with Gasteiger partial charge in [0.2, 0.25) is 0 Å². The number of fused-ring (bicyclic) bond motifs is 1. The Morgan fingerprint density at radius 1 is 1.22 bits per heavy atom. The first-order chi connectivity index (χ1) is 18.0. The standard InChI is InChI=1S/C29H35BrN2O4S/c1-3-25(19-8-6-5-7-9-19)37-18-24-27(29(34)36-4-2)26-21(17-31-12-14-35-15-13-31)28(33)22(30)16-23(26)32(24)20-10-11-20/h5-9,16,20,25,33H,3-4,10-15,17-18H2,1-2H3. The fraction of sp³-hybridized carbons (Fsp3) is 0.483. The van der Waals surface area contributed by atoms with Crippen LogP contribution >= 0.6 is 27.7 Å².